The summed E-state index contributed by atoms with van der Waals surface area (Å²) in [6.45, 7) is 5.02. The van der Waals surface area contributed by atoms with Crippen LogP contribution >= 0.6 is 34.7 Å². The second kappa shape index (κ2) is 10.8. The van der Waals surface area contributed by atoms with Crippen molar-refractivity contribution in [2.24, 2.45) is 0 Å². The van der Waals surface area contributed by atoms with Gasteiger partial charge in [-0.3, -0.25) is 4.79 Å². The van der Waals surface area contributed by atoms with E-state index in [9.17, 15) is 4.79 Å². The first kappa shape index (κ1) is 23.3. The Labute approximate surface area is 205 Å². The van der Waals surface area contributed by atoms with Gasteiger partial charge in [-0.1, -0.05) is 47.6 Å². The van der Waals surface area contributed by atoms with E-state index in [-0.39, 0.29) is 11.7 Å². The third-order valence-electron chi connectivity index (χ3n) is 4.69. The molecule has 0 aliphatic heterocycles. The van der Waals surface area contributed by atoms with E-state index in [1.807, 2.05) is 72.3 Å². The molecule has 2 aromatic carbocycles. The molecule has 0 saturated carbocycles. The average molecular weight is 500 g/mol. The average Bonchev–Trinajstić information content (AvgIpc) is 3.43. The van der Waals surface area contributed by atoms with Gasteiger partial charge in [-0.25, -0.2) is 4.98 Å². The van der Waals surface area contributed by atoms with Crippen LogP contribution in [0.15, 0.2) is 59.1 Å². The molecular formula is C23H22ClN5O2S2. The van der Waals surface area contributed by atoms with Crippen LogP contribution in [-0.4, -0.2) is 31.4 Å². The van der Waals surface area contributed by atoms with Crippen LogP contribution in [0.5, 0.6) is 5.75 Å². The van der Waals surface area contributed by atoms with Gasteiger partial charge in [-0.15, -0.1) is 21.5 Å². The number of amides is 1. The highest BCUT2D eigenvalue weighted by molar-refractivity contribution is 7.99. The maximum atomic E-state index is 12.5. The molecule has 0 aliphatic rings. The number of halogens is 1. The number of nitrogens with one attached hydrogen (secondary N) is 1. The lowest BCUT2D eigenvalue weighted by atomic mass is 10.2. The van der Waals surface area contributed by atoms with Crippen molar-refractivity contribution in [2.45, 2.75) is 32.2 Å². The maximum absolute atomic E-state index is 12.5. The van der Waals surface area contributed by atoms with E-state index in [0.29, 0.717) is 28.5 Å². The van der Waals surface area contributed by atoms with Crippen molar-refractivity contribution in [1.29, 1.82) is 0 Å². The number of aryl methyl sites for hydroxylation is 1. The molecule has 0 unspecified atom stereocenters. The van der Waals surface area contributed by atoms with E-state index in [0.717, 1.165) is 28.4 Å². The summed E-state index contributed by atoms with van der Waals surface area (Å²) < 4.78 is 7.81. The van der Waals surface area contributed by atoms with E-state index in [1.54, 1.807) is 0 Å². The molecule has 0 aliphatic carbocycles. The van der Waals surface area contributed by atoms with Gasteiger partial charge in [0.2, 0.25) is 5.91 Å². The minimum Gasteiger partial charge on any atom is -0.486 e. The van der Waals surface area contributed by atoms with Crippen LogP contribution in [-0.2, 0) is 17.9 Å². The van der Waals surface area contributed by atoms with Gasteiger partial charge in [-0.2, -0.15) is 0 Å². The molecule has 170 valence electrons. The van der Waals surface area contributed by atoms with Crippen LogP contribution in [0, 0.1) is 6.92 Å². The molecule has 0 bridgehead atoms. The Hall–Kier alpha value is -2.88. The number of hydrogen-bond donors (Lipinski definition) is 1. The summed E-state index contributed by atoms with van der Waals surface area (Å²) in [5, 5.41) is 15.1. The zero-order valence-corrected chi connectivity index (χ0v) is 20.5. The van der Waals surface area contributed by atoms with Crippen molar-refractivity contribution in [1.82, 2.24) is 19.7 Å². The predicted molar refractivity (Wildman–Crippen MR) is 133 cm³/mol. The number of carbonyl (C=O) groups is 1. The van der Waals surface area contributed by atoms with Gasteiger partial charge < -0.3 is 14.6 Å². The minimum atomic E-state index is -0.153. The standard InChI is InChI=1S/C23H22ClN5O2S2/c1-3-29-20(12-31-18-6-4-5-15(2)11-18)27-28-23(29)33-14-21(30)26-22-25-19(13-32-22)16-7-9-17(24)10-8-16/h4-11,13H,3,12,14H2,1-2H3,(H,25,26,30). The summed E-state index contributed by atoms with van der Waals surface area (Å²) in [5.74, 6) is 1.55. The Kier molecular flexibility index (Phi) is 7.64. The van der Waals surface area contributed by atoms with Crippen LogP contribution in [0.4, 0.5) is 5.13 Å². The number of benzene rings is 2. The molecule has 33 heavy (non-hydrogen) atoms. The Morgan fingerprint density at radius 2 is 2.03 bits per heavy atom. The minimum absolute atomic E-state index is 0.153. The molecule has 2 aromatic heterocycles. The zero-order valence-electron chi connectivity index (χ0n) is 18.1. The number of hydrogen-bond acceptors (Lipinski definition) is 7. The molecule has 4 rings (SSSR count). The van der Waals surface area contributed by atoms with Gasteiger partial charge >= 0.3 is 0 Å². The highest BCUT2D eigenvalue weighted by Crippen LogP contribution is 2.26. The van der Waals surface area contributed by atoms with Gasteiger partial charge in [-0.05, 0) is 43.7 Å². The van der Waals surface area contributed by atoms with E-state index >= 15 is 0 Å². The number of aromatic nitrogens is 4. The lowest BCUT2D eigenvalue weighted by molar-refractivity contribution is -0.113. The van der Waals surface area contributed by atoms with Crippen molar-refractivity contribution in [3.05, 3.63) is 70.3 Å². The van der Waals surface area contributed by atoms with Crippen molar-refractivity contribution in [3.63, 3.8) is 0 Å². The summed E-state index contributed by atoms with van der Waals surface area (Å²) in [7, 11) is 0. The number of carbonyl (C=O) groups excluding carboxylic acids is 1. The number of nitrogens with zero attached hydrogens (tertiary/aromatic N) is 4. The molecule has 1 amide bonds. The fourth-order valence-corrected chi connectivity index (χ4v) is 4.76. The van der Waals surface area contributed by atoms with Crippen molar-refractivity contribution >= 4 is 45.7 Å². The number of ether oxygens (including phenoxy) is 1. The van der Waals surface area contributed by atoms with Crippen molar-refractivity contribution in [3.8, 4) is 17.0 Å². The monoisotopic (exact) mass is 499 g/mol. The van der Waals surface area contributed by atoms with E-state index in [2.05, 4.69) is 20.5 Å². The first-order chi connectivity index (χ1) is 16.0. The first-order valence-electron chi connectivity index (χ1n) is 10.3. The molecule has 0 spiro atoms. The van der Waals surface area contributed by atoms with E-state index in [4.69, 9.17) is 16.3 Å². The van der Waals surface area contributed by atoms with Crippen molar-refractivity contribution in [2.75, 3.05) is 11.1 Å². The van der Waals surface area contributed by atoms with Crippen LogP contribution in [0.2, 0.25) is 5.02 Å². The molecule has 0 fully saturated rings. The molecule has 2 heterocycles. The Balaban J connectivity index is 1.32. The molecule has 7 nitrogen and oxygen atoms in total. The van der Waals surface area contributed by atoms with Gasteiger partial charge in [0.25, 0.3) is 0 Å². The second-order valence-corrected chi connectivity index (χ2v) is 9.37. The summed E-state index contributed by atoms with van der Waals surface area (Å²) in [6.07, 6.45) is 0. The van der Waals surface area contributed by atoms with Crippen LogP contribution in [0.3, 0.4) is 0 Å². The van der Waals surface area contributed by atoms with Crippen LogP contribution in [0.25, 0.3) is 11.3 Å². The third-order valence-corrected chi connectivity index (χ3v) is 6.67. The van der Waals surface area contributed by atoms with Crippen LogP contribution in [0.1, 0.15) is 18.3 Å². The molecule has 0 saturated heterocycles. The lowest BCUT2D eigenvalue weighted by Gasteiger charge is -2.09. The van der Waals surface area contributed by atoms with Gasteiger partial charge in [0.1, 0.15) is 12.4 Å². The highest BCUT2D eigenvalue weighted by atomic mass is 35.5. The summed E-state index contributed by atoms with van der Waals surface area (Å²) in [4.78, 5) is 16.9. The number of rotatable bonds is 9. The van der Waals surface area contributed by atoms with Gasteiger partial charge in [0.15, 0.2) is 16.1 Å². The Morgan fingerprint density at radius 1 is 1.21 bits per heavy atom. The van der Waals surface area contributed by atoms with Crippen LogP contribution < -0.4 is 10.1 Å². The van der Waals surface area contributed by atoms with E-state index in [1.165, 1.54) is 23.1 Å². The summed E-state index contributed by atoms with van der Waals surface area (Å²) >= 11 is 8.65. The Morgan fingerprint density at radius 3 is 2.79 bits per heavy atom. The van der Waals surface area contributed by atoms with Gasteiger partial charge in [0, 0.05) is 22.5 Å². The molecule has 0 atom stereocenters. The molecular weight excluding hydrogens is 478 g/mol. The second-order valence-electron chi connectivity index (χ2n) is 7.13. The molecule has 0 radical (unpaired) electrons. The fourth-order valence-electron chi connectivity index (χ4n) is 3.07. The zero-order chi connectivity index (χ0) is 23.2. The smallest absolute Gasteiger partial charge is 0.236 e. The third kappa shape index (κ3) is 6.13. The van der Waals surface area contributed by atoms with Gasteiger partial charge in [0.05, 0.1) is 11.4 Å². The number of thioether (sulfide) groups is 1. The van der Waals surface area contributed by atoms with Crippen molar-refractivity contribution < 1.29 is 9.53 Å². The number of anilines is 1. The Bertz CT molecular complexity index is 1240. The topological polar surface area (TPSA) is 81.9 Å². The maximum Gasteiger partial charge on any atom is 0.236 e. The molecule has 10 heteroatoms. The van der Waals surface area contributed by atoms with E-state index < -0.39 is 0 Å². The lowest BCUT2D eigenvalue weighted by Crippen LogP contribution is -2.14. The summed E-state index contributed by atoms with van der Waals surface area (Å²) in [5.41, 5.74) is 2.87. The predicted octanol–water partition coefficient (Wildman–Crippen LogP) is 5.69. The number of thiazole rings is 1. The quantitative estimate of drug-likeness (QED) is 0.298. The highest BCUT2D eigenvalue weighted by Gasteiger charge is 2.15. The SMILES string of the molecule is CCn1c(COc2cccc(C)c2)nnc1SCC(=O)Nc1nc(-c2ccc(Cl)cc2)cs1. The first-order valence-corrected chi connectivity index (χ1v) is 12.5. The normalized spacial score (nSPS) is 10.9. The fraction of sp³-hybridized carbons (Fsp3) is 0.217. The molecule has 4 aromatic rings. The molecule has 1 N–H and O–H groups in total. The summed E-state index contributed by atoms with van der Waals surface area (Å²) in [6, 6.07) is 15.3. The largest absolute Gasteiger partial charge is 0.486 e.